The van der Waals surface area contributed by atoms with Crippen molar-refractivity contribution in [1.82, 2.24) is 5.32 Å². The number of benzene rings is 2. The Bertz CT molecular complexity index is 734. The zero-order chi connectivity index (χ0) is 19.6. The second-order valence-corrected chi connectivity index (χ2v) is 8.11. The molecule has 5 nitrogen and oxygen atoms in total. The fourth-order valence-electron chi connectivity index (χ4n) is 3.38. The minimum atomic E-state index is 0.158. The van der Waals surface area contributed by atoms with Crippen LogP contribution < -0.4 is 19.9 Å². The van der Waals surface area contributed by atoms with Gasteiger partial charge in [-0.15, -0.1) is 0 Å². The largest absolute Gasteiger partial charge is 0.497 e. The van der Waals surface area contributed by atoms with Crippen molar-refractivity contribution in [2.75, 3.05) is 57.0 Å². The first-order valence-corrected chi connectivity index (χ1v) is 11.0. The standard InChI is InChI=1S/C22H29N3O2S/c1-27-21-9-5-8-20(16-21)25-13-11-24(12-14-25)17-22(26)23-10-15-28-18-19-6-3-2-4-7-19/h2-9,16H,10-15,17-18H2,1H3,(H,23,26)/p+1. The number of anilines is 1. The summed E-state index contributed by atoms with van der Waals surface area (Å²) in [5, 5.41) is 3.06. The Morgan fingerprint density at radius 1 is 1.14 bits per heavy atom. The number of nitrogens with zero attached hydrogens (tertiary/aromatic N) is 1. The van der Waals surface area contributed by atoms with Gasteiger partial charge in [-0.05, 0) is 17.7 Å². The van der Waals surface area contributed by atoms with E-state index < -0.39 is 0 Å². The van der Waals surface area contributed by atoms with Crippen molar-refractivity contribution in [3.05, 3.63) is 60.2 Å². The summed E-state index contributed by atoms with van der Waals surface area (Å²) in [5.41, 5.74) is 2.52. The highest BCUT2D eigenvalue weighted by Gasteiger charge is 2.22. The van der Waals surface area contributed by atoms with Crippen molar-refractivity contribution in [2.45, 2.75) is 5.75 Å². The van der Waals surface area contributed by atoms with Crippen LogP contribution in [0.1, 0.15) is 5.56 Å². The Hall–Kier alpha value is -2.18. The normalized spacial score (nSPS) is 14.7. The smallest absolute Gasteiger partial charge is 0.275 e. The van der Waals surface area contributed by atoms with Gasteiger partial charge in [-0.2, -0.15) is 11.8 Å². The van der Waals surface area contributed by atoms with Crippen LogP contribution in [0.4, 0.5) is 5.69 Å². The average Bonchev–Trinajstić information content (AvgIpc) is 2.75. The number of hydrogen-bond donors (Lipinski definition) is 2. The van der Waals surface area contributed by atoms with Gasteiger partial charge in [0.25, 0.3) is 5.91 Å². The van der Waals surface area contributed by atoms with E-state index in [4.69, 9.17) is 4.74 Å². The summed E-state index contributed by atoms with van der Waals surface area (Å²) in [4.78, 5) is 15.9. The van der Waals surface area contributed by atoms with Crippen LogP contribution in [0.25, 0.3) is 0 Å². The van der Waals surface area contributed by atoms with Crippen LogP contribution in [0.15, 0.2) is 54.6 Å². The van der Waals surface area contributed by atoms with Crippen molar-refractivity contribution in [1.29, 1.82) is 0 Å². The van der Waals surface area contributed by atoms with Crippen LogP contribution in [-0.4, -0.2) is 58.0 Å². The average molecular weight is 401 g/mol. The molecule has 1 aliphatic heterocycles. The molecular formula is C22H30N3O2S+. The topological polar surface area (TPSA) is 46.0 Å². The lowest BCUT2D eigenvalue weighted by atomic mass is 10.2. The first kappa shape index (κ1) is 20.6. The minimum Gasteiger partial charge on any atom is -0.497 e. The molecule has 0 aliphatic carbocycles. The van der Waals surface area contributed by atoms with Gasteiger partial charge in [0.15, 0.2) is 6.54 Å². The second kappa shape index (κ2) is 11.0. The summed E-state index contributed by atoms with van der Waals surface area (Å²) in [7, 11) is 1.69. The number of rotatable bonds is 9. The number of thioether (sulfide) groups is 1. The van der Waals surface area contributed by atoms with Crippen LogP contribution >= 0.6 is 11.8 Å². The molecule has 0 unspecified atom stereocenters. The number of amides is 1. The second-order valence-electron chi connectivity index (χ2n) is 7.00. The first-order valence-electron chi connectivity index (χ1n) is 9.85. The van der Waals surface area contributed by atoms with Crippen LogP contribution in [0.3, 0.4) is 0 Å². The van der Waals surface area contributed by atoms with E-state index in [2.05, 4.69) is 46.6 Å². The van der Waals surface area contributed by atoms with Gasteiger partial charge in [0.05, 0.1) is 33.3 Å². The third-order valence-corrected chi connectivity index (χ3v) is 6.01. The van der Waals surface area contributed by atoms with E-state index in [0.29, 0.717) is 6.54 Å². The lowest BCUT2D eigenvalue weighted by molar-refractivity contribution is -0.892. The molecule has 0 saturated carbocycles. The fraction of sp³-hybridized carbons (Fsp3) is 0.409. The Labute approximate surface area is 172 Å². The maximum absolute atomic E-state index is 12.2. The predicted octanol–water partition coefficient (Wildman–Crippen LogP) is 1.45. The molecule has 1 saturated heterocycles. The van der Waals surface area contributed by atoms with Crippen molar-refractivity contribution >= 4 is 23.4 Å². The number of hydrogen-bond acceptors (Lipinski definition) is 4. The number of carbonyl (C=O) groups is 1. The van der Waals surface area contributed by atoms with Crippen LogP contribution in [-0.2, 0) is 10.5 Å². The summed E-state index contributed by atoms with van der Waals surface area (Å²) in [6.45, 7) is 5.18. The highest BCUT2D eigenvalue weighted by atomic mass is 32.2. The maximum Gasteiger partial charge on any atom is 0.275 e. The number of ether oxygens (including phenoxy) is 1. The van der Waals surface area contributed by atoms with E-state index in [-0.39, 0.29) is 5.91 Å². The molecule has 3 rings (SSSR count). The molecule has 0 radical (unpaired) electrons. The molecule has 6 heteroatoms. The van der Waals surface area contributed by atoms with E-state index >= 15 is 0 Å². The van der Waals surface area contributed by atoms with E-state index in [1.165, 1.54) is 16.2 Å². The third-order valence-electron chi connectivity index (χ3n) is 4.98. The van der Waals surface area contributed by atoms with Gasteiger partial charge in [-0.1, -0.05) is 36.4 Å². The summed E-state index contributed by atoms with van der Waals surface area (Å²) in [6.07, 6.45) is 0. The lowest BCUT2D eigenvalue weighted by Crippen LogP contribution is -3.16. The Morgan fingerprint density at radius 3 is 2.68 bits per heavy atom. The molecule has 1 amide bonds. The van der Waals surface area contributed by atoms with E-state index in [9.17, 15) is 4.79 Å². The zero-order valence-corrected chi connectivity index (χ0v) is 17.3. The summed E-state index contributed by atoms with van der Waals surface area (Å²) < 4.78 is 5.31. The molecule has 2 aromatic carbocycles. The number of quaternary nitrogens is 1. The van der Waals surface area contributed by atoms with Crippen molar-refractivity contribution in [2.24, 2.45) is 0 Å². The number of carbonyl (C=O) groups excluding carboxylic acids is 1. The van der Waals surface area contributed by atoms with E-state index in [1.54, 1.807) is 7.11 Å². The molecule has 1 fully saturated rings. The SMILES string of the molecule is COc1cccc(N2CC[NH+](CC(=O)NCCSCc3ccccc3)CC2)c1. The van der Waals surface area contributed by atoms with Gasteiger partial charge < -0.3 is 19.9 Å². The predicted molar refractivity (Wildman–Crippen MR) is 116 cm³/mol. The molecule has 150 valence electrons. The monoisotopic (exact) mass is 400 g/mol. The molecule has 0 atom stereocenters. The molecule has 2 N–H and O–H groups in total. The zero-order valence-electron chi connectivity index (χ0n) is 16.5. The summed E-state index contributed by atoms with van der Waals surface area (Å²) in [6, 6.07) is 18.6. The van der Waals surface area contributed by atoms with Gasteiger partial charge in [0, 0.05) is 29.8 Å². The Balaban J connectivity index is 1.30. The van der Waals surface area contributed by atoms with Crippen molar-refractivity contribution in [3.8, 4) is 5.75 Å². The van der Waals surface area contributed by atoms with Gasteiger partial charge in [0.2, 0.25) is 0 Å². The quantitative estimate of drug-likeness (QED) is 0.626. The lowest BCUT2D eigenvalue weighted by Gasteiger charge is -2.33. The third kappa shape index (κ3) is 6.46. The minimum absolute atomic E-state index is 0.158. The van der Waals surface area contributed by atoms with Gasteiger partial charge in [0.1, 0.15) is 5.75 Å². The highest BCUT2D eigenvalue weighted by molar-refractivity contribution is 7.98. The molecule has 2 aromatic rings. The molecular weight excluding hydrogens is 370 g/mol. The highest BCUT2D eigenvalue weighted by Crippen LogP contribution is 2.20. The number of piperazine rings is 1. The molecule has 0 bridgehead atoms. The molecule has 1 aliphatic rings. The molecule has 0 aromatic heterocycles. The van der Waals surface area contributed by atoms with Crippen LogP contribution in [0, 0.1) is 0 Å². The fourth-order valence-corrected chi connectivity index (χ4v) is 4.20. The van der Waals surface area contributed by atoms with Crippen molar-refractivity contribution < 1.29 is 14.4 Å². The molecule has 1 heterocycles. The summed E-state index contributed by atoms with van der Waals surface area (Å²) in [5.74, 6) is 2.98. The summed E-state index contributed by atoms with van der Waals surface area (Å²) >= 11 is 1.86. The molecule has 28 heavy (non-hydrogen) atoms. The van der Waals surface area contributed by atoms with Gasteiger partial charge in [-0.3, -0.25) is 4.79 Å². The van der Waals surface area contributed by atoms with Gasteiger partial charge >= 0.3 is 0 Å². The Morgan fingerprint density at radius 2 is 1.93 bits per heavy atom. The number of nitrogens with one attached hydrogen (secondary N) is 2. The van der Waals surface area contributed by atoms with Gasteiger partial charge in [-0.25, -0.2) is 0 Å². The maximum atomic E-state index is 12.2. The number of methoxy groups -OCH3 is 1. The van der Waals surface area contributed by atoms with E-state index in [0.717, 1.165) is 50.0 Å². The van der Waals surface area contributed by atoms with Crippen LogP contribution in [0.2, 0.25) is 0 Å². The van der Waals surface area contributed by atoms with Crippen LogP contribution in [0.5, 0.6) is 5.75 Å². The Kier molecular flexibility index (Phi) is 8.06. The molecule has 0 spiro atoms. The van der Waals surface area contributed by atoms with Crippen molar-refractivity contribution in [3.63, 3.8) is 0 Å². The first-order chi connectivity index (χ1) is 13.7. The van der Waals surface area contributed by atoms with E-state index in [1.807, 2.05) is 30.0 Å².